The van der Waals surface area contributed by atoms with Gasteiger partial charge in [0.05, 0.1) is 4.21 Å². The summed E-state index contributed by atoms with van der Waals surface area (Å²) in [5.74, 6) is -0.651. The Morgan fingerprint density at radius 3 is 2.62 bits per heavy atom. The van der Waals surface area contributed by atoms with Gasteiger partial charge in [0.2, 0.25) is 5.91 Å². The standard InChI is InChI=1S/C20H17F2NOS2/c1-2-3-19(24)23-11-10-16-17-12-14(22)6-9-18(17)26-20(16)25-15-7-4-13(21)5-8-15/h2,4-9,12H,1,3,10-11H2,(H,23,24). The van der Waals surface area contributed by atoms with Crippen LogP contribution in [0.15, 0.2) is 64.2 Å². The molecule has 1 amide bonds. The number of benzene rings is 2. The van der Waals surface area contributed by atoms with Crippen molar-refractivity contribution in [3.63, 3.8) is 0 Å². The molecule has 3 rings (SSSR count). The van der Waals surface area contributed by atoms with E-state index in [1.165, 1.54) is 36.0 Å². The largest absolute Gasteiger partial charge is 0.356 e. The van der Waals surface area contributed by atoms with Gasteiger partial charge in [0.25, 0.3) is 0 Å². The zero-order valence-electron chi connectivity index (χ0n) is 13.9. The van der Waals surface area contributed by atoms with Crippen molar-refractivity contribution in [3.8, 4) is 0 Å². The quantitative estimate of drug-likeness (QED) is 0.536. The molecular formula is C20H17F2NOS2. The molecule has 0 aliphatic rings. The monoisotopic (exact) mass is 389 g/mol. The summed E-state index contributed by atoms with van der Waals surface area (Å²) in [4.78, 5) is 12.5. The number of hydrogen-bond donors (Lipinski definition) is 1. The van der Waals surface area contributed by atoms with Crippen molar-refractivity contribution in [2.24, 2.45) is 0 Å². The molecule has 0 bridgehead atoms. The first kappa shape index (κ1) is 18.6. The molecule has 1 heterocycles. The van der Waals surface area contributed by atoms with E-state index in [9.17, 15) is 13.6 Å². The number of amides is 1. The van der Waals surface area contributed by atoms with Crippen LogP contribution in [0.2, 0.25) is 0 Å². The van der Waals surface area contributed by atoms with Crippen LogP contribution >= 0.6 is 23.1 Å². The first-order valence-corrected chi connectivity index (χ1v) is 9.72. The Balaban J connectivity index is 1.87. The molecule has 6 heteroatoms. The number of carbonyl (C=O) groups is 1. The van der Waals surface area contributed by atoms with Gasteiger partial charge in [-0.2, -0.15) is 0 Å². The summed E-state index contributed by atoms with van der Waals surface area (Å²) in [5, 5.41) is 3.70. The lowest BCUT2D eigenvalue weighted by molar-refractivity contribution is -0.120. The molecule has 0 saturated heterocycles. The molecule has 1 aromatic heterocycles. The lowest BCUT2D eigenvalue weighted by atomic mass is 10.1. The van der Waals surface area contributed by atoms with Crippen molar-refractivity contribution >= 4 is 39.1 Å². The highest BCUT2D eigenvalue weighted by molar-refractivity contribution is 8.01. The van der Waals surface area contributed by atoms with Gasteiger partial charge in [-0.25, -0.2) is 8.78 Å². The molecule has 0 fully saturated rings. The first-order chi connectivity index (χ1) is 12.6. The van der Waals surface area contributed by atoms with Gasteiger partial charge in [-0.1, -0.05) is 17.8 Å². The fourth-order valence-electron chi connectivity index (χ4n) is 2.56. The van der Waals surface area contributed by atoms with Gasteiger partial charge in [-0.15, -0.1) is 17.9 Å². The summed E-state index contributed by atoms with van der Waals surface area (Å²) in [6.45, 7) is 4.01. The van der Waals surface area contributed by atoms with Crippen LogP contribution in [0.5, 0.6) is 0 Å². The SMILES string of the molecule is C=CCC(=O)NCCc1c(Sc2ccc(F)cc2)sc2ccc(F)cc12. The van der Waals surface area contributed by atoms with E-state index in [0.717, 1.165) is 24.8 Å². The number of fused-ring (bicyclic) bond motifs is 1. The minimum Gasteiger partial charge on any atom is -0.356 e. The summed E-state index contributed by atoms with van der Waals surface area (Å²) < 4.78 is 28.9. The van der Waals surface area contributed by atoms with E-state index in [1.54, 1.807) is 35.6 Å². The predicted octanol–water partition coefficient (Wildman–Crippen LogP) is 5.57. The van der Waals surface area contributed by atoms with Gasteiger partial charge in [-0.3, -0.25) is 4.79 Å². The minimum absolute atomic E-state index is 0.0848. The average molecular weight is 389 g/mol. The number of hydrogen-bond acceptors (Lipinski definition) is 3. The van der Waals surface area contributed by atoms with E-state index in [2.05, 4.69) is 11.9 Å². The first-order valence-electron chi connectivity index (χ1n) is 8.09. The van der Waals surface area contributed by atoms with Gasteiger partial charge >= 0.3 is 0 Å². The van der Waals surface area contributed by atoms with Gasteiger partial charge in [0.15, 0.2) is 0 Å². The molecule has 1 N–H and O–H groups in total. The Hall–Kier alpha value is -2.18. The molecule has 0 spiro atoms. The van der Waals surface area contributed by atoms with Crippen molar-refractivity contribution in [2.45, 2.75) is 21.9 Å². The molecule has 0 radical (unpaired) electrons. The second-order valence-electron chi connectivity index (χ2n) is 5.66. The zero-order valence-corrected chi connectivity index (χ0v) is 15.6. The third kappa shape index (κ3) is 4.51. The van der Waals surface area contributed by atoms with Gasteiger partial charge in [0, 0.05) is 22.6 Å². The van der Waals surface area contributed by atoms with E-state index < -0.39 is 0 Å². The van der Waals surface area contributed by atoms with Gasteiger partial charge in [-0.05, 0) is 59.8 Å². The molecule has 3 aromatic rings. The van der Waals surface area contributed by atoms with Crippen LogP contribution in [0.3, 0.4) is 0 Å². The normalized spacial score (nSPS) is 10.8. The maximum Gasteiger partial charge on any atom is 0.223 e. The third-order valence-corrected chi connectivity index (χ3v) is 6.21. The summed E-state index contributed by atoms with van der Waals surface area (Å²) >= 11 is 3.10. The van der Waals surface area contributed by atoms with Crippen LogP contribution in [-0.2, 0) is 11.2 Å². The second kappa shape index (κ2) is 8.47. The molecule has 0 aliphatic carbocycles. The highest BCUT2D eigenvalue weighted by Gasteiger charge is 2.14. The van der Waals surface area contributed by atoms with Crippen molar-refractivity contribution in [3.05, 3.63) is 72.3 Å². The molecule has 26 heavy (non-hydrogen) atoms. The molecule has 0 unspecified atom stereocenters. The number of carbonyl (C=O) groups excluding carboxylic acids is 1. The fraction of sp³-hybridized carbons (Fsp3) is 0.150. The summed E-state index contributed by atoms with van der Waals surface area (Å²) in [7, 11) is 0. The van der Waals surface area contributed by atoms with E-state index in [4.69, 9.17) is 0 Å². The molecule has 134 valence electrons. The summed E-state index contributed by atoms with van der Waals surface area (Å²) in [6, 6.07) is 11.0. The maximum atomic E-state index is 13.7. The van der Waals surface area contributed by atoms with Crippen LogP contribution in [-0.4, -0.2) is 12.5 Å². The van der Waals surface area contributed by atoms with Crippen LogP contribution < -0.4 is 5.32 Å². The Labute approximate surface area is 158 Å². The molecule has 2 nitrogen and oxygen atoms in total. The minimum atomic E-state index is -0.287. The summed E-state index contributed by atoms with van der Waals surface area (Å²) in [6.07, 6.45) is 2.42. The molecule has 0 atom stereocenters. The topological polar surface area (TPSA) is 29.1 Å². The van der Waals surface area contributed by atoms with Gasteiger partial charge in [0.1, 0.15) is 11.6 Å². The van der Waals surface area contributed by atoms with E-state index >= 15 is 0 Å². The smallest absolute Gasteiger partial charge is 0.223 e. The van der Waals surface area contributed by atoms with Crippen molar-refractivity contribution < 1.29 is 13.6 Å². The average Bonchev–Trinajstić information content (AvgIpc) is 2.94. The molecule has 0 aliphatic heterocycles. The fourth-order valence-corrected chi connectivity index (χ4v) is 5.07. The lowest BCUT2D eigenvalue weighted by Gasteiger charge is -2.07. The molecular weight excluding hydrogens is 372 g/mol. The van der Waals surface area contributed by atoms with Crippen molar-refractivity contribution in [1.29, 1.82) is 0 Å². The summed E-state index contributed by atoms with van der Waals surface area (Å²) in [5.41, 5.74) is 0.998. The maximum absolute atomic E-state index is 13.7. The zero-order chi connectivity index (χ0) is 18.5. The van der Waals surface area contributed by atoms with E-state index in [0.29, 0.717) is 13.0 Å². The number of thiophene rings is 1. The Bertz CT molecular complexity index is 935. The van der Waals surface area contributed by atoms with Crippen molar-refractivity contribution in [1.82, 2.24) is 5.32 Å². The third-order valence-electron chi connectivity index (χ3n) is 3.77. The number of halogens is 2. The lowest BCUT2D eigenvalue weighted by Crippen LogP contribution is -2.24. The highest BCUT2D eigenvalue weighted by Crippen LogP contribution is 2.41. The van der Waals surface area contributed by atoms with Crippen molar-refractivity contribution in [2.75, 3.05) is 6.54 Å². The Kier molecular flexibility index (Phi) is 6.06. The van der Waals surface area contributed by atoms with E-state index in [-0.39, 0.29) is 24.0 Å². The van der Waals surface area contributed by atoms with Crippen LogP contribution in [0.25, 0.3) is 10.1 Å². The highest BCUT2D eigenvalue weighted by atomic mass is 32.2. The molecule has 0 saturated carbocycles. The number of rotatable bonds is 7. The molecule has 2 aromatic carbocycles. The second-order valence-corrected chi connectivity index (χ2v) is 8.05. The number of nitrogens with one attached hydrogen (secondary N) is 1. The van der Waals surface area contributed by atoms with Crippen LogP contribution in [0, 0.1) is 11.6 Å². The predicted molar refractivity (Wildman–Crippen MR) is 104 cm³/mol. The van der Waals surface area contributed by atoms with Crippen LogP contribution in [0.1, 0.15) is 12.0 Å². The Morgan fingerprint density at radius 1 is 1.15 bits per heavy atom. The van der Waals surface area contributed by atoms with Crippen LogP contribution in [0.4, 0.5) is 8.78 Å². The van der Waals surface area contributed by atoms with E-state index in [1.807, 2.05) is 0 Å². The Morgan fingerprint density at radius 2 is 1.88 bits per heavy atom. The van der Waals surface area contributed by atoms with Gasteiger partial charge < -0.3 is 5.32 Å².